The van der Waals surface area contributed by atoms with Gasteiger partial charge in [-0.1, -0.05) is 0 Å². The van der Waals surface area contributed by atoms with E-state index in [1.165, 1.54) is 4.90 Å². The summed E-state index contributed by atoms with van der Waals surface area (Å²) in [5, 5.41) is 5.31. The van der Waals surface area contributed by atoms with Crippen molar-refractivity contribution < 1.29 is 38.1 Å². The molecule has 0 aromatic carbocycles. The van der Waals surface area contributed by atoms with Crippen LogP contribution in [0.1, 0.15) is 25.7 Å². The lowest BCUT2D eigenvalue weighted by Gasteiger charge is -2.20. The molecule has 6 N–H and O–H groups in total. The number of carbonyl (C=O) groups excluding carboxylic acids is 4. The van der Waals surface area contributed by atoms with Crippen molar-refractivity contribution in [2.45, 2.75) is 37.9 Å². The topological polar surface area (TPSA) is 189 Å². The van der Waals surface area contributed by atoms with Crippen LogP contribution < -0.4 is 22.1 Å². The van der Waals surface area contributed by atoms with E-state index >= 15 is 0 Å². The zero-order chi connectivity index (χ0) is 26.6. The van der Waals surface area contributed by atoms with E-state index in [0.717, 1.165) is 6.42 Å². The molecule has 0 spiro atoms. The smallest absolute Gasteiger partial charge is 0.300 e. The van der Waals surface area contributed by atoms with Crippen LogP contribution in [0.2, 0.25) is 0 Å². The van der Waals surface area contributed by atoms with Crippen molar-refractivity contribution in [3.8, 4) is 0 Å². The Kier molecular flexibility index (Phi) is 16.8. The fraction of sp³-hybridized carbons (Fsp3) is 0.773. The zero-order valence-corrected chi connectivity index (χ0v) is 20.6. The largest absolute Gasteiger partial charge is 0.377 e. The maximum Gasteiger partial charge on any atom is 0.300 e. The Morgan fingerprint density at radius 2 is 1.50 bits per heavy atom. The van der Waals surface area contributed by atoms with Gasteiger partial charge >= 0.3 is 6.17 Å². The van der Waals surface area contributed by atoms with E-state index in [0.29, 0.717) is 32.7 Å². The third kappa shape index (κ3) is 14.5. The molecule has 1 heterocycles. The van der Waals surface area contributed by atoms with Crippen molar-refractivity contribution >= 4 is 23.6 Å². The summed E-state index contributed by atoms with van der Waals surface area (Å²) in [7, 11) is 0. The van der Waals surface area contributed by atoms with Crippen LogP contribution in [-0.2, 0) is 38.1 Å². The number of primary amides is 1. The van der Waals surface area contributed by atoms with Gasteiger partial charge in [-0.25, -0.2) is 6.57 Å². The number of amides is 4. The van der Waals surface area contributed by atoms with E-state index in [9.17, 15) is 19.2 Å². The molecule has 36 heavy (non-hydrogen) atoms. The maximum absolute atomic E-state index is 12.3. The van der Waals surface area contributed by atoms with Crippen molar-refractivity contribution in [1.29, 1.82) is 0 Å². The number of hydrogen-bond acceptors (Lipinski definition) is 9. The van der Waals surface area contributed by atoms with Gasteiger partial charge in [0.25, 0.3) is 0 Å². The Morgan fingerprint density at radius 3 is 2.11 bits per heavy atom. The van der Waals surface area contributed by atoms with Crippen LogP contribution in [0, 0.1) is 6.57 Å². The molecule has 1 saturated heterocycles. The van der Waals surface area contributed by atoms with Crippen molar-refractivity contribution in [2.75, 3.05) is 72.5 Å². The molecule has 0 radical (unpaired) electrons. The number of rotatable bonds is 20. The molecule has 0 aliphatic carbocycles. The minimum atomic E-state index is -0.801. The quantitative estimate of drug-likeness (QED) is 0.103. The molecule has 0 bridgehead atoms. The summed E-state index contributed by atoms with van der Waals surface area (Å²) in [5.41, 5.74) is 10.8. The lowest BCUT2D eigenvalue weighted by atomic mass is 10.1. The first-order valence-corrected chi connectivity index (χ1v) is 11.9. The maximum atomic E-state index is 12.3. The van der Waals surface area contributed by atoms with Gasteiger partial charge in [0.1, 0.15) is 13.2 Å². The highest BCUT2D eigenvalue weighted by Gasteiger charge is 2.35. The predicted molar refractivity (Wildman–Crippen MR) is 127 cm³/mol. The van der Waals surface area contributed by atoms with Crippen LogP contribution in [0.15, 0.2) is 0 Å². The second-order valence-corrected chi connectivity index (χ2v) is 7.92. The van der Waals surface area contributed by atoms with Crippen LogP contribution in [0.25, 0.3) is 4.85 Å². The molecular weight excluding hydrogens is 476 g/mol. The van der Waals surface area contributed by atoms with E-state index in [-0.39, 0.29) is 76.8 Å². The van der Waals surface area contributed by atoms with Gasteiger partial charge in [0.15, 0.2) is 0 Å². The molecule has 1 aliphatic heterocycles. The fourth-order valence-corrected chi connectivity index (χ4v) is 3.21. The molecule has 0 saturated carbocycles. The SMILES string of the molecule is [C-]#[N+][C@@H]1CCCN1C(=O)[C@@H](N)CCC(=O)NCCOCCOCC(=O)NCCOCCOCC(N)=O. The third-order valence-electron chi connectivity index (χ3n) is 5.01. The van der Waals surface area contributed by atoms with E-state index in [4.69, 9.17) is 37.0 Å². The summed E-state index contributed by atoms with van der Waals surface area (Å²) in [6.07, 6.45) is 1.32. The average molecular weight is 515 g/mol. The van der Waals surface area contributed by atoms with Crippen LogP contribution in [0.3, 0.4) is 0 Å². The van der Waals surface area contributed by atoms with Crippen molar-refractivity contribution in [3.05, 3.63) is 11.4 Å². The van der Waals surface area contributed by atoms with E-state index in [2.05, 4.69) is 15.5 Å². The zero-order valence-electron chi connectivity index (χ0n) is 20.6. The molecular formula is C22H38N6O8. The molecule has 1 rings (SSSR count). The summed E-state index contributed by atoms with van der Waals surface area (Å²) in [4.78, 5) is 51.3. The summed E-state index contributed by atoms with van der Waals surface area (Å²) >= 11 is 0. The summed E-state index contributed by atoms with van der Waals surface area (Å²) in [5.74, 6) is -1.35. The highest BCUT2D eigenvalue weighted by Crippen LogP contribution is 2.19. The van der Waals surface area contributed by atoms with Crippen LogP contribution >= 0.6 is 0 Å². The van der Waals surface area contributed by atoms with E-state index < -0.39 is 18.1 Å². The first-order chi connectivity index (χ1) is 17.3. The van der Waals surface area contributed by atoms with E-state index in [1.807, 2.05) is 0 Å². The lowest BCUT2D eigenvalue weighted by Crippen LogP contribution is -2.45. The number of carbonyl (C=O) groups is 4. The molecule has 14 heteroatoms. The van der Waals surface area contributed by atoms with Crippen LogP contribution in [0.4, 0.5) is 0 Å². The molecule has 1 fully saturated rings. The number of nitrogens with two attached hydrogens (primary N) is 2. The van der Waals surface area contributed by atoms with Crippen LogP contribution in [0.5, 0.6) is 0 Å². The number of nitrogens with one attached hydrogen (secondary N) is 2. The van der Waals surface area contributed by atoms with Crippen molar-refractivity contribution in [2.24, 2.45) is 11.5 Å². The molecule has 0 aromatic rings. The molecule has 2 atom stereocenters. The van der Waals surface area contributed by atoms with Gasteiger partial charge in [-0.15, -0.1) is 0 Å². The van der Waals surface area contributed by atoms with Crippen molar-refractivity contribution in [3.63, 3.8) is 0 Å². The molecule has 14 nitrogen and oxygen atoms in total. The van der Waals surface area contributed by atoms with Gasteiger partial charge in [-0.2, -0.15) is 0 Å². The number of likely N-dealkylation sites (tertiary alicyclic amines) is 1. The number of ether oxygens (including phenoxy) is 4. The lowest BCUT2D eigenvalue weighted by molar-refractivity contribution is -0.133. The minimum absolute atomic E-state index is 0.107. The number of hydrogen-bond donors (Lipinski definition) is 4. The van der Waals surface area contributed by atoms with Gasteiger partial charge in [0.2, 0.25) is 23.6 Å². The third-order valence-corrected chi connectivity index (χ3v) is 5.01. The second-order valence-electron chi connectivity index (χ2n) is 7.92. The molecule has 204 valence electrons. The van der Waals surface area contributed by atoms with Gasteiger partial charge in [0.05, 0.1) is 45.7 Å². The number of nitrogens with zero attached hydrogens (tertiary/aromatic N) is 2. The first-order valence-electron chi connectivity index (χ1n) is 11.9. The molecule has 0 aromatic heterocycles. The normalized spacial score (nSPS) is 15.8. The Hall–Kier alpha value is -2.83. The Labute approximate surface area is 211 Å². The molecule has 4 amide bonds. The summed E-state index contributed by atoms with van der Waals surface area (Å²) in [6.45, 7) is 9.57. The van der Waals surface area contributed by atoms with Crippen molar-refractivity contribution in [1.82, 2.24) is 15.5 Å². The highest BCUT2D eigenvalue weighted by atomic mass is 16.5. The minimum Gasteiger partial charge on any atom is -0.377 e. The second kappa shape index (κ2) is 19.4. The fourth-order valence-electron chi connectivity index (χ4n) is 3.21. The molecule has 1 aliphatic rings. The average Bonchev–Trinajstić information content (AvgIpc) is 3.34. The molecule has 0 unspecified atom stereocenters. The standard InChI is InChI=1S/C22H38N6O8/c1-25-19-3-2-8-28(19)22(32)17(23)4-5-20(30)26-6-9-33-12-14-36-16-21(31)27-7-10-34-11-13-35-15-18(24)29/h17,19H,2-16,23H2,(H2,24,29)(H,26,30)(H,27,31)/t17-,19-/m0/s1. The highest BCUT2D eigenvalue weighted by molar-refractivity contribution is 5.83. The summed E-state index contributed by atoms with van der Waals surface area (Å²) < 4.78 is 20.7. The van der Waals surface area contributed by atoms with Gasteiger partial charge in [-0.3, -0.25) is 28.9 Å². The van der Waals surface area contributed by atoms with Gasteiger partial charge in [-0.05, 0) is 12.8 Å². The predicted octanol–water partition coefficient (Wildman–Crippen LogP) is -2.25. The Morgan fingerprint density at radius 1 is 0.917 bits per heavy atom. The Bertz CT molecular complexity index is 732. The van der Waals surface area contributed by atoms with E-state index in [1.54, 1.807) is 0 Å². The monoisotopic (exact) mass is 514 g/mol. The van der Waals surface area contributed by atoms with Gasteiger partial charge < -0.3 is 41.0 Å². The van der Waals surface area contributed by atoms with Gasteiger partial charge in [0, 0.05) is 32.5 Å². The Balaban J connectivity index is 1.91. The van der Waals surface area contributed by atoms with Crippen LogP contribution in [-0.4, -0.2) is 113 Å². The first kappa shape index (κ1) is 31.2. The summed E-state index contributed by atoms with van der Waals surface area (Å²) in [6, 6.07) is -0.801.